The molecule has 1 atom stereocenters. The highest BCUT2D eigenvalue weighted by atomic mass is 16.3. The number of furan rings is 1. The van der Waals surface area contributed by atoms with Crippen LogP contribution in [0.3, 0.4) is 0 Å². The van der Waals surface area contributed by atoms with E-state index in [1.54, 1.807) is 0 Å². The van der Waals surface area contributed by atoms with E-state index in [0.29, 0.717) is 22.7 Å². The van der Waals surface area contributed by atoms with Crippen molar-refractivity contribution in [2.75, 3.05) is 0 Å². The zero-order chi connectivity index (χ0) is 24.0. The normalized spacial score (nSPS) is 23.4. The molecule has 2 heterocycles. The Morgan fingerprint density at radius 1 is 1.06 bits per heavy atom. The van der Waals surface area contributed by atoms with E-state index in [1.807, 2.05) is 0 Å². The SMILES string of the molecule is C=C=C(CC1CCCCC1(C)C)c1cc2nc(C3CCC(C)(C)CC3)cc(C(C)(C)C)c2o1. The number of aromatic nitrogens is 1. The minimum Gasteiger partial charge on any atom is -0.454 e. The monoisotopic (exact) mass is 447 g/mol. The van der Waals surface area contributed by atoms with Crippen LogP contribution in [0.15, 0.2) is 28.9 Å². The van der Waals surface area contributed by atoms with Crippen LogP contribution in [0, 0.1) is 16.7 Å². The number of nitrogens with zero attached hydrogens (tertiary/aromatic N) is 1. The first-order valence-corrected chi connectivity index (χ1v) is 13.2. The lowest BCUT2D eigenvalue weighted by atomic mass is 9.66. The predicted molar refractivity (Wildman–Crippen MR) is 141 cm³/mol. The van der Waals surface area contributed by atoms with Gasteiger partial charge in [0.2, 0.25) is 0 Å². The summed E-state index contributed by atoms with van der Waals surface area (Å²) in [6.45, 7) is 20.6. The molecule has 2 saturated carbocycles. The van der Waals surface area contributed by atoms with Crippen LogP contribution in [0.5, 0.6) is 0 Å². The van der Waals surface area contributed by atoms with Crippen LogP contribution < -0.4 is 0 Å². The van der Waals surface area contributed by atoms with Crippen LogP contribution in [0.4, 0.5) is 0 Å². The molecule has 0 spiro atoms. The standard InChI is InChI=1S/C31H45NO/c1-9-21(18-23-12-10-11-15-31(23,7)8)27-20-26-28(33-27)24(29(2,3)4)19-25(32-26)22-13-16-30(5,6)17-14-22/h19-20,22-23H,1,10-18H2,2-8H3. The predicted octanol–water partition coefficient (Wildman–Crippen LogP) is 9.58. The molecule has 0 amide bonds. The molecule has 2 aromatic heterocycles. The highest BCUT2D eigenvalue weighted by Crippen LogP contribution is 2.46. The van der Waals surface area contributed by atoms with Crippen molar-refractivity contribution in [3.05, 3.63) is 41.5 Å². The third-order valence-corrected chi connectivity index (χ3v) is 8.75. The lowest BCUT2D eigenvalue weighted by Gasteiger charge is -2.38. The van der Waals surface area contributed by atoms with Crippen molar-refractivity contribution in [2.45, 2.75) is 118 Å². The number of pyridine rings is 1. The summed E-state index contributed by atoms with van der Waals surface area (Å²) in [4.78, 5) is 5.18. The topological polar surface area (TPSA) is 26.0 Å². The van der Waals surface area contributed by atoms with E-state index in [-0.39, 0.29) is 5.41 Å². The molecule has 180 valence electrons. The Hall–Kier alpha value is -1.79. The minimum absolute atomic E-state index is 0.00240. The Balaban J connectivity index is 1.70. The molecule has 0 aromatic carbocycles. The quantitative estimate of drug-likeness (QED) is 0.436. The maximum Gasteiger partial charge on any atom is 0.157 e. The Morgan fingerprint density at radius 3 is 2.36 bits per heavy atom. The molecule has 4 rings (SSSR count). The van der Waals surface area contributed by atoms with Crippen LogP contribution >= 0.6 is 0 Å². The van der Waals surface area contributed by atoms with Gasteiger partial charge in [0.05, 0.1) is 0 Å². The molecular formula is C31H45NO. The van der Waals surface area contributed by atoms with Gasteiger partial charge in [-0.3, -0.25) is 0 Å². The largest absolute Gasteiger partial charge is 0.454 e. The van der Waals surface area contributed by atoms with E-state index in [9.17, 15) is 0 Å². The molecule has 2 aliphatic carbocycles. The number of allylic oxidation sites excluding steroid dienone is 1. The summed E-state index contributed by atoms with van der Waals surface area (Å²) in [5.74, 6) is 2.13. The average molecular weight is 448 g/mol. The van der Waals surface area contributed by atoms with Gasteiger partial charge in [-0.1, -0.05) is 67.9 Å². The zero-order valence-corrected chi connectivity index (χ0v) is 22.2. The van der Waals surface area contributed by atoms with Gasteiger partial charge in [-0.15, -0.1) is 5.73 Å². The summed E-state index contributed by atoms with van der Waals surface area (Å²) < 4.78 is 6.56. The second-order valence-electron chi connectivity index (χ2n) is 13.4. The second-order valence-corrected chi connectivity index (χ2v) is 13.4. The first-order valence-electron chi connectivity index (χ1n) is 13.2. The fraction of sp³-hybridized carbons (Fsp3) is 0.677. The molecule has 0 bridgehead atoms. The van der Waals surface area contributed by atoms with Gasteiger partial charge in [0.1, 0.15) is 11.3 Å². The minimum atomic E-state index is 0.00240. The molecule has 33 heavy (non-hydrogen) atoms. The molecule has 2 aromatic rings. The Morgan fingerprint density at radius 2 is 1.76 bits per heavy atom. The van der Waals surface area contributed by atoms with Crippen LogP contribution in [0.2, 0.25) is 0 Å². The van der Waals surface area contributed by atoms with E-state index in [1.165, 1.54) is 62.6 Å². The van der Waals surface area contributed by atoms with Crippen molar-refractivity contribution in [2.24, 2.45) is 16.7 Å². The van der Waals surface area contributed by atoms with Crippen molar-refractivity contribution in [3.63, 3.8) is 0 Å². The van der Waals surface area contributed by atoms with Gasteiger partial charge < -0.3 is 4.42 Å². The number of fused-ring (bicyclic) bond motifs is 1. The molecule has 2 fully saturated rings. The second kappa shape index (κ2) is 8.77. The van der Waals surface area contributed by atoms with Crippen LogP contribution in [0.1, 0.15) is 129 Å². The third kappa shape index (κ3) is 5.17. The summed E-state index contributed by atoms with van der Waals surface area (Å²) >= 11 is 0. The molecule has 0 radical (unpaired) electrons. The van der Waals surface area contributed by atoms with Gasteiger partial charge >= 0.3 is 0 Å². The Kier molecular flexibility index (Phi) is 6.47. The molecule has 0 N–H and O–H groups in total. The summed E-state index contributed by atoms with van der Waals surface area (Å²) in [7, 11) is 0. The molecular weight excluding hydrogens is 402 g/mol. The van der Waals surface area contributed by atoms with Crippen molar-refractivity contribution in [3.8, 4) is 0 Å². The van der Waals surface area contributed by atoms with Gasteiger partial charge in [-0.05, 0) is 73.2 Å². The Labute approximate surface area is 201 Å². The van der Waals surface area contributed by atoms with E-state index in [4.69, 9.17) is 9.40 Å². The molecule has 2 heteroatoms. The highest BCUT2D eigenvalue weighted by Gasteiger charge is 2.34. The lowest BCUT2D eigenvalue weighted by Crippen LogP contribution is -2.27. The van der Waals surface area contributed by atoms with E-state index >= 15 is 0 Å². The maximum absolute atomic E-state index is 6.56. The average Bonchev–Trinajstić information content (AvgIpc) is 3.15. The van der Waals surface area contributed by atoms with Crippen LogP contribution in [-0.4, -0.2) is 4.98 Å². The van der Waals surface area contributed by atoms with Gasteiger partial charge in [0.25, 0.3) is 0 Å². The summed E-state index contributed by atoms with van der Waals surface area (Å²) in [6.07, 6.45) is 11.3. The van der Waals surface area contributed by atoms with Crippen molar-refractivity contribution in [1.82, 2.24) is 4.98 Å². The zero-order valence-electron chi connectivity index (χ0n) is 22.2. The molecule has 2 aliphatic rings. The van der Waals surface area contributed by atoms with Gasteiger partial charge in [-0.25, -0.2) is 4.98 Å². The Bertz CT molecular complexity index is 1040. The van der Waals surface area contributed by atoms with Gasteiger partial charge in [-0.2, -0.15) is 0 Å². The van der Waals surface area contributed by atoms with Gasteiger partial charge in [0, 0.05) is 28.8 Å². The molecule has 1 unspecified atom stereocenters. The van der Waals surface area contributed by atoms with Crippen molar-refractivity contribution >= 4 is 16.7 Å². The number of rotatable bonds is 4. The maximum atomic E-state index is 6.56. The van der Waals surface area contributed by atoms with E-state index in [0.717, 1.165) is 28.9 Å². The van der Waals surface area contributed by atoms with Gasteiger partial charge in [0.15, 0.2) is 5.58 Å². The number of hydrogen-bond acceptors (Lipinski definition) is 2. The van der Waals surface area contributed by atoms with Crippen molar-refractivity contribution < 1.29 is 4.42 Å². The first kappa shape index (κ1) is 24.3. The van der Waals surface area contributed by atoms with E-state index in [2.05, 4.69) is 72.9 Å². The lowest BCUT2D eigenvalue weighted by molar-refractivity contribution is 0.142. The summed E-state index contributed by atoms with van der Waals surface area (Å²) in [5.41, 5.74) is 9.70. The van der Waals surface area contributed by atoms with E-state index < -0.39 is 0 Å². The summed E-state index contributed by atoms with van der Waals surface area (Å²) in [6, 6.07) is 4.52. The van der Waals surface area contributed by atoms with Crippen LogP contribution in [0.25, 0.3) is 16.7 Å². The molecule has 0 aliphatic heterocycles. The number of hydrogen-bond donors (Lipinski definition) is 0. The molecule has 2 nitrogen and oxygen atoms in total. The fourth-order valence-corrected chi connectivity index (χ4v) is 6.10. The van der Waals surface area contributed by atoms with Crippen molar-refractivity contribution in [1.29, 1.82) is 0 Å². The first-order chi connectivity index (χ1) is 15.4. The fourth-order valence-electron chi connectivity index (χ4n) is 6.10. The van der Waals surface area contributed by atoms with Crippen LogP contribution in [-0.2, 0) is 5.41 Å². The molecule has 0 saturated heterocycles. The third-order valence-electron chi connectivity index (χ3n) is 8.75. The smallest absolute Gasteiger partial charge is 0.157 e. The highest BCUT2D eigenvalue weighted by molar-refractivity contribution is 5.82. The summed E-state index contributed by atoms with van der Waals surface area (Å²) in [5, 5.41) is 0.